The van der Waals surface area contributed by atoms with E-state index in [2.05, 4.69) is 15.9 Å². The monoisotopic (exact) mass is 374 g/mol. The second-order valence-electron chi connectivity index (χ2n) is 6.43. The van der Waals surface area contributed by atoms with Crippen molar-refractivity contribution in [2.24, 2.45) is 0 Å². The third kappa shape index (κ3) is 3.36. The molecule has 1 unspecified atom stereocenters. The van der Waals surface area contributed by atoms with E-state index in [0.29, 0.717) is 0 Å². The third-order valence-electron chi connectivity index (χ3n) is 4.24. The van der Waals surface area contributed by atoms with Gasteiger partial charge in [-0.2, -0.15) is 0 Å². The van der Waals surface area contributed by atoms with E-state index in [1.807, 2.05) is 40.7 Å². The molecule has 0 spiro atoms. The van der Waals surface area contributed by atoms with Crippen molar-refractivity contribution in [2.75, 3.05) is 0 Å². The highest BCUT2D eigenvalue weighted by atomic mass is 79.9. The molecule has 4 nitrogen and oxygen atoms in total. The minimum absolute atomic E-state index is 0.0107. The minimum Gasteiger partial charge on any atom is -0.481 e. The van der Waals surface area contributed by atoms with Crippen LogP contribution in [-0.2, 0) is 14.1 Å². The van der Waals surface area contributed by atoms with E-state index >= 15 is 0 Å². The smallest absolute Gasteiger partial charge is 0.467 e. The molecule has 0 radical (unpaired) electrons. The van der Waals surface area contributed by atoms with Gasteiger partial charge in [-0.05, 0) is 62.2 Å². The van der Waals surface area contributed by atoms with Gasteiger partial charge in [-0.25, -0.2) is 0 Å². The molecule has 2 heterocycles. The van der Waals surface area contributed by atoms with Crippen molar-refractivity contribution < 1.29 is 19.2 Å². The predicted octanol–water partition coefficient (Wildman–Crippen LogP) is 4.01. The molecule has 0 amide bonds. The number of aliphatic carboxylic acids is 1. The maximum Gasteiger partial charge on any atom is 0.467 e. The first-order valence-electron chi connectivity index (χ1n) is 6.87. The highest BCUT2D eigenvalue weighted by Crippen LogP contribution is 2.44. The molecule has 1 fully saturated rings. The summed E-state index contributed by atoms with van der Waals surface area (Å²) in [7, 11) is -0.545. The number of rotatable bonds is 4. The topological polar surface area (TPSA) is 55.8 Å². The average Bonchev–Trinajstić information content (AvgIpc) is 2.74. The molecule has 1 saturated heterocycles. The Bertz CT molecular complexity index is 520. The van der Waals surface area contributed by atoms with Crippen LogP contribution in [0.5, 0.6) is 0 Å². The number of carboxylic acids is 1. The van der Waals surface area contributed by atoms with E-state index in [0.717, 1.165) is 14.2 Å². The Morgan fingerprint density at radius 2 is 1.90 bits per heavy atom. The van der Waals surface area contributed by atoms with Crippen molar-refractivity contribution >= 4 is 40.4 Å². The normalized spacial score (nSPS) is 21.5. The molecule has 1 aromatic rings. The van der Waals surface area contributed by atoms with Crippen LogP contribution in [-0.4, -0.2) is 29.4 Å². The molecule has 0 aromatic carbocycles. The zero-order valence-corrected chi connectivity index (χ0v) is 15.3. The lowest BCUT2D eigenvalue weighted by Gasteiger charge is -2.32. The van der Waals surface area contributed by atoms with Gasteiger partial charge in [0.1, 0.15) is 0 Å². The molecule has 21 heavy (non-hydrogen) atoms. The van der Waals surface area contributed by atoms with E-state index in [1.54, 1.807) is 11.3 Å². The summed E-state index contributed by atoms with van der Waals surface area (Å²) < 4.78 is 13.1. The van der Waals surface area contributed by atoms with Gasteiger partial charge in [0.05, 0.1) is 21.4 Å². The molecular weight excluding hydrogens is 355 g/mol. The average molecular weight is 375 g/mol. The largest absolute Gasteiger partial charge is 0.481 e. The molecule has 1 aliphatic rings. The summed E-state index contributed by atoms with van der Waals surface area (Å²) in [5, 5.41) is 9.22. The van der Waals surface area contributed by atoms with Gasteiger partial charge in [-0.15, -0.1) is 11.3 Å². The Labute approximate surface area is 138 Å². The van der Waals surface area contributed by atoms with Crippen LogP contribution in [0, 0.1) is 6.92 Å². The molecule has 2 rings (SSSR count). The summed E-state index contributed by atoms with van der Waals surface area (Å²) in [6, 6.07) is 2.01. The lowest BCUT2D eigenvalue weighted by molar-refractivity contribution is -0.137. The van der Waals surface area contributed by atoms with Crippen LogP contribution in [0.2, 0.25) is 0 Å². The van der Waals surface area contributed by atoms with E-state index in [4.69, 9.17) is 9.31 Å². The zero-order chi connectivity index (χ0) is 16.0. The number of carbonyl (C=O) groups is 1. The van der Waals surface area contributed by atoms with E-state index in [9.17, 15) is 9.90 Å². The van der Waals surface area contributed by atoms with Gasteiger partial charge in [-0.3, -0.25) is 4.79 Å². The van der Waals surface area contributed by atoms with Crippen LogP contribution < -0.4 is 0 Å². The Morgan fingerprint density at radius 3 is 2.29 bits per heavy atom. The zero-order valence-electron chi connectivity index (χ0n) is 12.9. The maximum atomic E-state index is 11.2. The lowest BCUT2D eigenvalue weighted by atomic mass is 9.69. The van der Waals surface area contributed by atoms with Crippen molar-refractivity contribution in [1.29, 1.82) is 0 Å². The van der Waals surface area contributed by atoms with Crippen LogP contribution in [0.4, 0.5) is 0 Å². The number of halogens is 1. The number of aryl methyl sites for hydroxylation is 1. The van der Waals surface area contributed by atoms with Crippen LogP contribution in [0.3, 0.4) is 0 Å². The van der Waals surface area contributed by atoms with Gasteiger partial charge in [-0.1, -0.05) is 0 Å². The van der Waals surface area contributed by atoms with Gasteiger partial charge in [0.15, 0.2) is 0 Å². The Hall–Kier alpha value is -0.365. The predicted molar refractivity (Wildman–Crippen MR) is 87.8 cm³/mol. The first-order valence-corrected chi connectivity index (χ1v) is 8.48. The molecular formula is C14H20BBrO4S. The Balaban J connectivity index is 2.32. The first kappa shape index (κ1) is 17.0. The SMILES string of the molecule is Cc1cc(C(CC(=O)O)B2OC(C)(C)C(C)(C)O2)sc1Br. The van der Waals surface area contributed by atoms with Crippen molar-refractivity contribution in [3.8, 4) is 0 Å². The molecule has 0 bridgehead atoms. The summed E-state index contributed by atoms with van der Waals surface area (Å²) >= 11 is 5.04. The maximum absolute atomic E-state index is 11.2. The lowest BCUT2D eigenvalue weighted by Crippen LogP contribution is -2.41. The fourth-order valence-corrected chi connectivity index (χ4v) is 3.92. The number of hydrogen-bond acceptors (Lipinski definition) is 4. The van der Waals surface area contributed by atoms with Gasteiger partial charge < -0.3 is 14.4 Å². The molecule has 0 saturated carbocycles. The highest BCUT2D eigenvalue weighted by Gasteiger charge is 2.54. The second-order valence-corrected chi connectivity index (χ2v) is 8.84. The fraction of sp³-hybridized carbons (Fsp3) is 0.643. The summed E-state index contributed by atoms with van der Waals surface area (Å²) in [4.78, 5) is 12.2. The van der Waals surface area contributed by atoms with E-state index in [-0.39, 0.29) is 12.2 Å². The number of hydrogen-bond donors (Lipinski definition) is 1. The number of thiophene rings is 1. The molecule has 116 valence electrons. The minimum atomic E-state index is -0.850. The molecule has 1 atom stereocenters. The van der Waals surface area contributed by atoms with E-state index < -0.39 is 24.3 Å². The van der Waals surface area contributed by atoms with E-state index in [1.165, 1.54) is 0 Å². The second kappa shape index (κ2) is 5.68. The van der Waals surface area contributed by atoms with Crippen molar-refractivity contribution in [3.63, 3.8) is 0 Å². The third-order valence-corrected chi connectivity index (χ3v) is 6.50. The molecule has 1 aliphatic heterocycles. The summed E-state index contributed by atoms with van der Waals surface area (Å²) in [5.41, 5.74) is 0.178. The molecule has 1 N–H and O–H groups in total. The first-order chi connectivity index (χ1) is 9.53. The van der Waals surface area contributed by atoms with Crippen LogP contribution in [0.1, 0.15) is 50.4 Å². The van der Waals surface area contributed by atoms with Gasteiger partial charge in [0.25, 0.3) is 0 Å². The number of carboxylic acid groups (broad SMARTS) is 1. The quantitative estimate of drug-likeness (QED) is 0.809. The van der Waals surface area contributed by atoms with Gasteiger partial charge in [0.2, 0.25) is 0 Å². The van der Waals surface area contributed by atoms with Crippen LogP contribution in [0.25, 0.3) is 0 Å². The van der Waals surface area contributed by atoms with Gasteiger partial charge >= 0.3 is 13.1 Å². The van der Waals surface area contributed by atoms with Crippen LogP contribution in [0.15, 0.2) is 9.85 Å². The fourth-order valence-electron chi connectivity index (χ4n) is 2.24. The molecule has 0 aliphatic carbocycles. The molecule has 1 aromatic heterocycles. The summed E-state index contributed by atoms with van der Waals surface area (Å²) in [5.74, 6) is -1.16. The summed E-state index contributed by atoms with van der Waals surface area (Å²) in [6.45, 7) is 9.88. The van der Waals surface area contributed by atoms with Crippen LogP contribution >= 0.6 is 27.3 Å². The Kier molecular flexibility index (Phi) is 4.60. The van der Waals surface area contributed by atoms with Gasteiger partial charge in [0, 0.05) is 10.7 Å². The van der Waals surface area contributed by atoms with Crippen molar-refractivity contribution in [1.82, 2.24) is 0 Å². The highest BCUT2D eigenvalue weighted by molar-refractivity contribution is 9.11. The Morgan fingerprint density at radius 1 is 1.38 bits per heavy atom. The standard InChI is InChI=1S/C14H20BBrO4S/c1-8-6-10(21-12(8)16)9(7-11(17)18)15-19-13(2,3)14(4,5)20-15/h6,9H,7H2,1-5H3,(H,17,18). The summed E-state index contributed by atoms with van der Waals surface area (Å²) in [6.07, 6.45) is -0.0107. The van der Waals surface area contributed by atoms with Crippen molar-refractivity contribution in [2.45, 2.75) is 58.1 Å². The van der Waals surface area contributed by atoms with Crippen molar-refractivity contribution in [3.05, 3.63) is 20.3 Å². The molecule has 7 heteroatoms.